The Hall–Kier alpha value is -2.89. The van der Waals surface area contributed by atoms with Crippen LogP contribution in [-0.2, 0) is 6.42 Å². The molecule has 1 aliphatic heterocycles. The number of hydrogen-bond donors (Lipinski definition) is 2. The maximum atomic E-state index is 12.6. The number of amides is 1. The van der Waals surface area contributed by atoms with Crippen LogP contribution in [0.5, 0.6) is 0 Å². The molecule has 0 saturated carbocycles. The van der Waals surface area contributed by atoms with Gasteiger partial charge < -0.3 is 10.6 Å². The van der Waals surface area contributed by atoms with Crippen LogP contribution in [0, 0.1) is 6.92 Å². The molecule has 0 radical (unpaired) electrons. The summed E-state index contributed by atoms with van der Waals surface area (Å²) in [6.07, 6.45) is 2.23. The van der Waals surface area contributed by atoms with Gasteiger partial charge in [0.15, 0.2) is 0 Å². The maximum absolute atomic E-state index is 12.6. The monoisotopic (exact) mass is 410 g/mol. The normalized spacial score (nSPS) is 13.9. The van der Waals surface area contributed by atoms with E-state index in [-0.39, 0.29) is 5.91 Å². The molecule has 3 aromatic rings. The third kappa shape index (κ3) is 3.86. The highest BCUT2D eigenvalue weighted by Gasteiger charge is 2.19. The Morgan fingerprint density at radius 1 is 1.14 bits per heavy atom. The number of aliphatic imine (C=N–C) groups is 1. The lowest BCUT2D eigenvalue weighted by atomic mass is 10.1. The molecule has 0 fully saturated rings. The van der Waals surface area contributed by atoms with Gasteiger partial charge in [-0.3, -0.25) is 9.78 Å². The van der Waals surface area contributed by atoms with E-state index in [4.69, 9.17) is 23.2 Å². The zero-order valence-electron chi connectivity index (χ0n) is 15.0. The summed E-state index contributed by atoms with van der Waals surface area (Å²) in [6.45, 7) is 1.88. The predicted octanol–water partition coefficient (Wildman–Crippen LogP) is 5.65. The van der Waals surface area contributed by atoms with Gasteiger partial charge in [-0.1, -0.05) is 29.3 Å². The third-order valence-electron chi connectivity index (χ3n) is 4.34. The number of carbonyl (C=O) groups excluding carboxylic acids is 1. The van der Waals surface area contributed by atoms with Gasteiger partial charge in [0.25, 0.3) is 5.91 Å². The van der Waals surface area contributed by atoms with Crippen LogP contribution in [0.2, 0.25) is 10.0 Å². The van der Waals surface area contributed by atoms with Crippen LogP contribution >= 0.6 is 23.2 Å². The Balaban J connectivity index is 1.54. The first-order valence-corrected chi connectivity index (χ1v) is 9.41. The number of benzene rings is 2. The molecule has 1 aliphatic rings. The molecule has 7 heteroatoms. The Bertz CT molecular complexity index is 1090. The van der Waals surface area contributed by atoms with Gasteiger partial charge in [-0.2, -0.15) is 0 Å². The second kappa shape index (κ2) is 7.62. The number of pyridine rings is 1. The van der Waals surface area contributed by atoms with Gasteiger partial charge in [-0.05, 0) is 55.0 Å². The van der Waals surface area contributed by atoms with E-state index in [0.717, 1.165) is 22.8 Å². The van der Waals surface area contributed by atoms with E-state index in [1.165, 1.54) is 0 Å². The minimum atomic E-state index is -0.173. The van der Waals surface area contributed by atoms with E-state index in [1.54, 1.807) is 36.5 Å². The number of amidine groups is 1. The average Bonchev–Trinajstić information content (AvgIpc) is 3.06. The number of hydrogen-bond acceptors (Lipinski definition) is 3. The number of halogens is 2. The number of nitrogens with one attached hydrogen (secondary N) is 2. The number of para-hydroxylation sites is 1. The highest BCUT2D eigenvalue weighted by Crippen LogP contribution is 2.34. The molecular weight excluding hydrogens is 395 g/mol. The first kappa shape index (κ1) is 18.5. The molecule has 0 saturated heterocycles. The van der Waals surface area contributed by atoms with Crippen molar-refractivity contribution in [1.82, 2.24) is 4.98 Å². The van der Waals surface area contributed by atoms with E-state index >= 15 is 0 Å². The summed E-state index contributed by atoms with van der Waals surface area (Å²) >= 11 is 12.4. The Kier molecular flexibility index (Phi) is 5.03. The Morgan fingerprint density at radius 2 is 1.93 bits per heavy atom. The van der Waals surface area contributed by atoms with Crippen LogP contribution in [0.4, 0.5) is 17.1 Å². The van der Waals surface area contributed by atoms with Crippen molar-refractivity contribution in [3.63, 3.8) is 0 Å². The minimum absolute atomic E-state index is 0.173. The van der Waals surface area contributed by atoms with Crippen molar-refractivity contribution in [3.8, 4) is 0 Å². The molecule has 4 rings (SSSR count). The van der Waals surface area contributed by atoms with Crippen molar-refractivity contribution in [2.24, 2.45) is 4.99 Å². The quantitative estimate of drug-likeness (QED) is 0.586. The average molecular weight is 411 g/mol. The van der Waals surface area contributed by atoms with E-state index in [0.29, 0.717) is 33.4 Å². The molecule has 0 atom stereocenters. The number of nitrogens with zero attached hydrogens (tertiary/aromatic N) is 2. The van der Waals surface area contributed by atoms with Crippen molar-refractivity contribution in [2.75, 3.05) is 10.6 Å². The van der Waals surface area contributed by atoms with Crippen LogP contribution in [0.15, 0.2) is 59.7 Å². The van der Waals surface area contributed by atoms with Crippen LogP contribution in [0.3, 0.4) is 0 Å². The van der Waals surface area contributed by atoms with Crippen LogP contribution in [-0.4, -0.2) is 16.7 Å². The number of rotatable bonds is 3. The summed E-state index contributed by atoms with van der Waals surface area (Å²) < 4.78 is 0. The summed E-state index contributed by atoms with van der Waals surface area (Å²) in [4.78, 5) is 21.3. The van der Waals surface area contributed by atoms with Gasteiger partial charge in [0, 0.05) is 35.2 Å². The van der Waals surface area contributed by atoms with E-state index < -0.39 is 0 Å². The molecule has 0 aliphatic carbocycles. The second-order valence-electron chi connectivity index (χ2n) is 6.44. The standard InChI is InChI=1S/C21H16Cl2N4O/c1-12-9-15(7-8-24-12)25-21(28)13-5-6-18-14(10-13)11-19(26-18)27-20-16(22)3-2-4-17(20)23/h2-10H,11H2,1H3,(H,26,27)(H,24,25,28). The summed E-state index contributed by atoms with van der Waals surface area (Å²) in [7, 11) is 0. The maximum Gasteiger partial charge on any atom is 0.255 e. The van der Waals surface area contributed by atoms with Crippen molar-refractivity contribution in [2.45, 2.75) is 13.3 Å². The lowest BCUT2D eigenvalue weighted by Gasteiger charge is -2.07. The van der Waals surface area contributed by atoms with Crippen molar-refractivity contribution in [1.29, 1.82) is 0 Å². The van der Waals surface area contributed by atoms with Gasteiger partial charge in [-0.25, -0.2) is 4.99 Å². The van der Waals surface area contributed by atoms with Gasteiger partial charge >= 0.3 is 0 Å². The van der Waals surface area contributed by atoms with E-state index in [9.17, 15) is 4.79 Å². The first-order valence-electron chi connectivity index (χ1n) is 8.65. The highest BCUT2D eigenvalue weighted by molar-refractivity contribution is 6.39. The topological polar surface area (TPSA) is 66.4 Å². The SMILES string of the molecule is Cc1cc(NC(=O)c2ccc3c(c2)CC(=Nc2c(Cl)cccc2Cl)N3)ccn1. The van der Waals surface area contributed by atoms with Crippen molar-refractivity contribution >= 4 is 52.0 Å². The van der Waals surface area contributed by atoms with Crippen molar-refractivity contribution < 1.29 is 4.79 Å². The molecule has 2 heterocycles. The van der Waals surface area contributed by atoms with E-state index in [2.05, 4.69) is 20.6 Å². The fourth-order valence-electron chi connectivity index (χ4n) is 3.01. The van der Waals surface area contributed by atoms with Crippen LogP contribution < -0.4 is 10.6 Å². The van der Waals surface area contributed by atoms with Crippen LogP contribution in [0.1, 0.15) is 21.6 Å². The number of anilines is 2. The van der Waals surface area contributed by atoms with Gasteiger partial charge in [0.05, 0.1) is 10.0 Å². The third-order valence-corrected chi connectivity index (χ3v) is 4.95. The van der Waals surface area contributed by atoms with Gasteiger partial charge in [-0.15, -0.1) is 0 Å². The number of carbonyl (C=O) groups is 1. The molecular formula is C21H16Cl2N4O. The molecule has 0 spiro atoms. The van der Waals surface area contributed by atoms with E-state index in [1.807, 2.05) is 25.1 Å². The highest BCUT2D eigenvalue weighted by atomic mass is 35.5. The number of aromatic nitrogens is 1. The first-order chi connectivity index (χ1) is 13.5. The summed E-state index contributed by atoms with van der Waals surface area (Å²) in [5.74, 6) is 0.556. The Morgan fingerprint density at radius 3 is 2.68 bits per heavy atom. The molecule has 140 valence electrons. The molecule has 0 unspecified atom stereocenters. The largest absolute Gasteiger partial charge is 0.343 e. The lowest BCUT2D eigenvalue weighted by Crippen LogP contribution is -2.12. The van der Waals surface area contributed by atoms with Crippen LogP contribution in [0.25, 0.3) is 0 Å². The molecule has 28 heavy (non-hydrogen) atoms. The van der Waals surface area contributed by atoms with Crippen molar-refractivity contribution in [3.05, 3.63) is 81.6 Å². The molecule has 0 bridgehead atoms. The lowest BCUT2D eigenvalue weighted by molar-refractivity contribution is 0.102. The molecule has 2 N–H and O–H groups in total. The Labute approximate surface area is 172 Å². The number of fused-ring (bicyclic) bond motifs is 1. The fraction of sp³-hybridized carbons (Fsp3) is 0.0952. The summed E-state index contributed by atoms with van der Waals surface area (Å²) in [5, 5.41) is 7.13. The zero-order valence-corrected chi connectivity index (χ0v) is 16.5. The fourth-order valence-corrected chi connectivity index (χ4v) is 3.49. The molecule has 1 aromatic heterocycles. The minimum Gasteiger partial charge on any atom is -0.343 e. The summed E-state index contributed by atoms with van der Waals surface area (Å²) in [6, 6.07) is 14.4. The predicted molar refractivity (Wildman–Crippen MR) is 114 cm³/mol. The van der Waals surface area contributed by atoms with Gasteiger partial charge in [0.2, 0.25) is 0 Å². The molecule has 5 nitrogen and oxygen atoms in total. The number of aryl methyl sites for hydroxylation is 1. The smallest absolute Gasteiger partial charge is 0.255 e. The molecule has 1 amide bonds. The van der Waals surface area contributed by atoms with Gasteiger partial charge in [0.1, 0.15) is 11.5 Å². The molecule has 2 aromatic carbocycles. The summed E-state index contributed by atoms with van der Waals surface area (Å²) in [5.41, 5.74) is 4.57. The second-order valence-corrected chi connectivity index (χ2v) is 7.26. The zero-order chi connectivity index (χ0) is 19.7.